The molecular weight excluding hydrogens is 314 g/mol. The molecule has 1 aliphatic heterocycles. The van der Waals surface area contributed by atoms with E-state index in [-0.39, 0.29) is 5.91 Å². The Bertz CT molecular complexity index is 572. The molecule has 0 saturated carbocycles. The molecule has 0 radical (unpaired) electrons. The predicted octanol–water partition coefficient (Wildman–Crippen LogP) is 2.07. The number of amides is 1. The third-order valence-electron chi connectivity index (χ3n) is 3.49. The van der Waals surface area contributed by atoms with Crippen molar-refractivity contribution in [2.45, 2.75) is 12.5 Å². The first-order valence-electron chi connectivity index (χ1n) is 5.62. The van der Waals surface area contributed by atoms with Crippen LogP contribution in [0.1, 0.15) is 22.8 Å². The van der Waals surface area contributed by atoms with Crippen molar-refractivity contribution in [1.29, 1.82) is 0 Å². The van der Waals surface area contributed by atoms with Crippen LogP contribution in [0.25, 0.3) is 0 Å². The average Bonchev–Trinajstić information content (AvgIpc) is 2.60. The molecule has 0 aliphatic carbocycles. The first-order valence-corrected chi connectivity index (χ1v) is 6.41. The van der Waals surface area contributed by atoms with Crippen LogP contribution in [0.5, 0.6) is 0 Å². The Morgan fingerprint density at radius 2 is 2.00 bits per heavy atom. The van der Waals surface area contributed by atoms with E-state index < -0.39 is 11.6 Å². The van der Waals surface area contributed by atoms with E-state index >= 15 is 0 Å². The Labute approximate surface area is 119 Å². The highest BCUT2D eigenvalue weighted by atomic mass is 79.9. The maximum absolute atomic E-state index is 12.2. The highest BCUT2D eigenvalue weighted by Gasteiger charge is 2.47. The van der Waals surface area contributed by atoms with Crippen molar-refractivity contribution >= 4 is 33.5 Å². The maximum atomic E-state index is 12.2. The fourth-order valence-electron chi connectivity index (χ4n) is 2.23. The van der Waals surface area contributed by atoms with Crippen LogP contribution in [-0.2, 0) is 19.9 Å². The van der Waals surface area contributed by atoms with Crippen LogP contribution < -0.4 is 4.90 Å². The highest BCUT2D eigenvalue weighted by molar-refractivity contribution is 9.10. The Morgan fingerprint density at radius 1 is 1.37 bits per heavy atom. The number of fused-ring (bicyclic) bond motifs is 1. The van der Waals surface area contributed by atoms with Gasteiger partial charge in [0.05, 0.1) is 18.4 Å². The summed E-state index contributed by atoms with van der Waals surface area (Å²) < 4.78 is 10.6. The largest absolute Gasteiger partial charge is 0.465 e. The average molecular weight is 328 g/mol. The van der Waals surface area contributed by atoms with Gasteiger partial charge in [-0.05, 0) is 35.0 Å². The normalized spacial score (nSPS) is 21.5. The number of carbonyl (C=O) groups excluding carboxylic acids is 2. The van der Waals surface area contributed by atoms with Crippen molar-refractivity contribution in [2.75, 3.05) is 26.2 Å². The number of nitrogens with zero attached hydrogens (tertiary/aromatic N) is 1. The first kappa shape index (κ1) is 14.0. The summed E-state index contributed by atoms with van der Waals surface area (Å²) in [6, 6.07) is 3.36. The van der Waals surface area contributed by atoms with Gasteiger partial charge in [-0.25, -0.2) is 4.79 Å². The number of benzene rings is 1. The second kappa shape index (κ2) is 4.61. The minimum absolute atomic E-state index is 0.168. The molecule has 1 amide bonds. The van der Waals surface area contributed by atoms with E-state index in [0.717, 1.165) is 5.56 Å². The standard InChI is InChI=1S/C13H14BrNO4/c1-13(19-4)8-6-9(14)7(11(16)18-3)5-10(8)15(2)12(13)17/h5-6H,1-4H3. The third-order valence-corrected chi connectivity index (χ3v) is 4.14. The summed E-state index contributed by atoms with van der Waals surface area (Å²) in [5, 5.41) is 0. The van der Waals surface area contributed by atoms with Gasteiger partial charge in [0, 0.05) is 24.2 Å². The van der Waals surface area contributed by atoms with Gasteiger partial charge in [0.15, 0.2) is 5.60 Å². The zero-order valence-electron chi connectivity index (χ0n) is 11.1. The Morgan fingerprint density at radius 3 is 2.53 bits per heavy atom. The molecule has 0 bridgehead atoms. The number of carbonyl (C=O) groups is 2. The van der Waals surface area contributed by atoms with E-state index in [1.807, 2.05) is 0 Å². The van der Waals surface area contributed by atoms with Crippen molar-refractivity contribution in [1.82, 2.24) is 0 Å². The van der Waals surface area contributed by atoms with Crippen molar-refractivity contribution in [3.05, 3.63) is 27.7 Å². The summed E-state index contributed by atoms with van der Waals surface area (Å²) >= 11 is 3.33. The summed E-state index contributed by atoms with van der Waals surface area (Å²) in [6.07, 6.45) is 0. The molecule has 19 heavy (non-hydrogen) atoms. The fraction of sp³-hybridized carbons (Fsp3) is 0.385. The van der Waals surface area contributed by atoms with E-state index in [4.69, 9.17) is 9.47 Å². The molecule has 2 rings (SSSR count). The summed E-state index contributed by atoms with van der Waals surface area (Å²) in [4.78, 5) is 25.4. The monoisotopic (exact) mass is 327 g/mol. The smallest absolute Gasteiger partial charge is 0.339 e. The van der Waals surface area contributed by atoms with Gasteiger partial charge in [-0.1, -0.05) is 0 Å². The zero-order valence-corrected chi connectivity index (χ0v) is 12.7. The number of ether oxygens (including phenoxy) is 2. The van der Waals surface area contributed by atoms with Gasteiger partial charge in [0.25, 0.3) is 5.91 Å². The number of rotatable bonds is 2. The summed E-state index contributed by atoms with van der Waals surface area (Å²) in [5.41, 5.74) is 0.725. The molecule has 1 aliphatic rings. The Balaban J connectivity index is 2.67. The molecule has 1 heterocycles. The number of anilines is 1. The lowest BCUT2D eigenvalue weighted by Gasteiger charge is -2.21. The maximum Gasteiger partial charge on any atom is 0.339 e. The lowest BCUT2D eigenvalue weighted by molar-refractivity contribution is -0.137. The minimum atomic E-state index is -1.03. The van der Waals surface area contributed by atoms with Crippen LogP contribution in [0.3, 0.4) is 0 Å². The lowest BCUT2D eigenvalue weighted by atomic mass is 9.96. The molecule has 0 N–H and O–H groups in total. The van der Waals surface area contributed by atoms with Crippen molar-refractivity contribution in [3.63, 3.8) is 0 Å². The molecule has 1 unspecified atom stereocenters. The molecule has 0 fully saturated rings. The van der Waals surface area contributed by atoms with Gasteiger partial charge in [-0.15, -0.1) is 0 Å². The molecule has 1 atom stereocenters. The van der Waals surface area contributed by atoms with E-state index in [0.29, 0.717) is 15.7 Å². The third kappa shape index (κ3) is 1.86. The molecule has 5 nitrogen and oxygen atoms in total. The first-order chi connectivity index (χ1) is 8.86. The molecule has 102 valence electrons. The quantitative estimate of drug-likeness (QED) is 0.780. The predicted molar refractivity (Wildman–Crippen MR) is 73.3 cm³/mol. The Hall–Kier alpha value is -1.40. The van der Waals surface area contributed by atoms with Crippen LogP contribution in [0.2, 0.25) is 0 Å². The van der Waals surface area contributed by atoms with E-state index in [9.17, 15) is 9.59 Å². The van der Waals surface area contributed by atoms with Crippen molar-refractivity contribution < 1.29 is 19.1 Å². The number of hydrogen-bond donors (Lipinski definition) is 0. The van der Waals surface area contributed by atoms with Crippen LogP contribution in [0, 0.1) is 0 Å². The number of esters is 1. The van der Waals surface area contributed by atoms with E-state index in [1.165, 1.54) is 19.1 Å². The molecule has 6 heteroatoms. The number of halogens is 1. The SMILES string of the molecule is COC(=O)c1cc2c(cc1Br)C(C)(OC)C(=O)N2C. The van der Waals surface area contributed by atoms with Gasteiger partial charge in [0.2, 0.25) is 0 Å². The van der Waals surface area contributed by atoms with E-state index in [2.05, 4.69) is 15.9 Å². The molecule has 0 aromatic heterocycles. The van der Waals surface area contributed by atoms with Gasteiger partial charge in [-0.3, -0.25) is 4.79 Å². The number of likely N-dealkylation sites (N-methyl/N-ethyl adjacent to an activating group) is 1. The highest BCUT2D eigenvalue weighted by Crippen LogP contribution is 2.43. The summed E-state index contributed by atoms with van der Waals surface area (Å²) in [7, 11) is 4.46. The van der Waals surface area contributed by atoms with Crippen LogP contribution in [0.15, 0.2) is 16.6 Å². The van der Waals surface area contributed by atoms with Gasteiger partial charge in [-0.2, -0.15) is 0 Å². The molecule has 0 saturated heterocycles. The second-order valence-electron chi connectivity index (χ2n) is 4.44. The van der Waals surface area contributed by atoms with Gasteiger partial charge in [0.1, 0.15) is 0 Å². The number of methoxy groups -OCH3 is 2. The van der Waals surface area contributed by atoms with E-state index in [1.54, 1.807) is 26.1 Å². The topological polar surface area (TPSA) is 55.8 Å². The number of hydrogen-bond acceptors (Lipinski definition) is 4. The van der Waals surface area contributed by atoms with Gasteiger partial charge < -0.3 is 14.4 Å². The fourth-order valence-corrected chi connectivity index (χ4v) is 2.73. The molecule has 1 aromatic carbocycles. The summed E-state index contributed by atoms with van der Waals surface area (Å²) in [5.74, 6) is -0.625. The van der Waals surface area contributed by atoms with Crippen molar-refractivity contribution in [2.24, 2.45) is 0 Å². The molecule has 0 spiro atoms. The lowest BCUT2D eigenvalue weighted by Crippen LogP contribution is -2.37. The summed E-state index contributed by atoms with van der Waals surface area (Å²) in [6.45, 7) is 1.71. The minimum Gasteiger partial charge on any atom is -0.465 e. The second-order valence-corrected chi connectivity index (χ2v) is 5.30. The Kier molecular flexibility index (Phi) is 3.40. The van der Waals surface area contributed by atoms with Crippen molar-refractivity contribution in [3.8, 4) is 0 Å². The van der Waals surface area contributed by atoms with Crippen LogP contribution in [0.4, 0.5) is 5.69 Å². The zero-order chi connectivity index (χ0) is 14.4. The molecule has 1 aromatic rings. The van der Waals surface area contributed by atoms with Crippen LogP contribution >= 0.6 is 15.9 Å². The van der Waals surface area contributed by atoms with Crippen LogP contribution in [-0.4, -0.2) is 33.1 Å². The van der Waals surface area contributed by atoms with Gasteiger partial charge >= 0.3 is 5.97 Å². The molecular formula is C13H14BrNO4.